The molecule has 0 aliphatic carbocycles. The minimum atomic E-state index is 0.124. The fraction of sp³-hybridized carbons (Fsp3) is 0.0800. The average Bonchev–Trinajstić information content (AvgIpc) is 3.02. The van der Waals surface area contributed by atoms with E-state index in [-0.39, 0.29) is 5.91 Å². The van der Waals surface area contributed by atoms with E-state index < -0.39 is 0 Å². The molecule has 0 N–H and O–H groups in total. The molecule has 1 heterocycles. The smallest absolute Gasteiger partial charge is 0.255 e. The van der Waals surface area contributed by atoms with Gasteiger partial charge in [-0.15, -0.1) is 0 Å². The van der Waals surface area contributed by atoms with E-state index in [2.05, 4.69) is 48.5 Å². The van der Waals surface area contributed by atoms with Crippen LogP contribution in [-0.4, -0.2) is 10.8 Å². The lowest BCUT2D eigenvalue weighted by atomic mass is 9.91. The average molecular weight is 349 g/mol. The third-order valence-corrected chi connectivity index (χ3v) is 5.27. The standard InChI is InChI=1S/C25H19NO/c27-25-24-21(17-26(25)16-18-9-3-1-4-10-18)15-20-13-7-8-14-22(20)23(24)19-11-5-2-6-12-19/h1-15H,16-17H2. The fourth-order valence-electron chi connectivity index (χ4n) is 4.05. The zero-order valence-electron chi connectivity index (χ0n) is 14.9. The topological polar surface area (TPSA) is 20.3 Å². The highest BCUT2D eigenvalue weighted by Gasteiger charge is 2.31. The van der Waals surface area contributed by atoms with Gasteiger partial charge in [0.2, 0.25) is 0 Å². The van der Waals surface area contributed by atoms with Crippen LogP contribution in [0, 0.1) is 0 Å². The number of fused-ring (bicyclic) bond motifs is 2. The van der Waals surface area contributed by atoms with Gasteiger partial charge in [-0.25, -0.2) is 0 Å². The molecule has 2 nitrogen and oxygen atoms in total. The van der Waals surface area contributed by atoms with Crippen LogP contribution in [0.25, 0.3) is 21.9 Å². The Kier molecular flexibility index (Phi) is 3.75. The molecule has 0 fully saturated rings. The first-order chi connectivity index (χ1) is 13.3. The molecule has 0 spiro atoms. The lowest BCUT2D eigenvalue weighted by molar-refractivity contribution is 0.0767. The Morgan fingerprint density at radius 3 is 2.19 bits per heavy atom. The van der Waals surface area contributed by atoms with Crippen molar-refractivity contribution in [2.45, 2.75) is 13.1 Å². The summed E-state index contributed by atoms with van der Waals surface area (Å²) in [5, 5.41) is 2.32. The zero-order chi connectivity index (χ0) is 18.2. The van der Waals surface area contributed by atoms with Crippen LogP contribution in [0.2, 0.25) is 0 Å². The minimum Gasteiger partial charge on any atom is -0.330 e. The number of amides is 1. The first-order valence-electron chi connectivity index (χ1n) is 9.24. The molecule has 4 aromatic carbocycles. The summed E-state index contributed by atoms with van der Waals surface area (Å²) in [7, 11) is 0. The maximum atomic E-state index is 13.4. The number of benzene rings is 4. The van der Waals surface area contributed by atoms with Gasteiger partial charge in [0.25, 0.3) is 5.91 Å². The lowest BCUT2D eigenvalue weighted by Gasteiger charge is -2.16. The van der Waals surface area contributed by atoms with Crippen molar-refractivity contribution in [3.05, 3.63) is 108 Å². The molecule has 130 valence electrons. The summed E-state index contributed by atoms with van der Waals surface area (Å²) in [5.41, 5.74) is 5.29. The van der Waals surface area contributed by atoms with Crippen LogP contribution in [0.4, 0.5) is 0 Å². The van der Waals surface area contributed by atoms with Crippen LogP contribution in [-0.2, 0) is 13.1 Å². The highest BCUT2D eigenvalue weighted by molar-refractivity contribution is 6.12. The Hall–Kier alpha value is -3.39. The van der Waals surface area contributed by atoms with Gasteiger partial charge < -0.3 is 4.90 Å². The second kappa shape index (κ2) is 6.40. The van der Waals surface area contributed by atoms with Crippen molar-refractivity contribution in [1.29, 1.82) is 0 Å². The number of hydrogen-bond acceptors (Lipinski definition) is 1. The molecule has 2 heteroatoms. The quantitative estimate of drug-likeness (QED) is 0.467. The van der Waals surface area contributed by atoms with Crippen molar-refractivity contribution in [3.8, 4) is 11.1 Å². The van der Waals surface area contributed by atoms with Crippen LogP contribution in [0.3, 0.4) is 0 Å². The van der Waals surface area contributed by atoms with Crippen molar-refractivity contribution in [2.75, 3.05) is 0 Å². The number of carbonyl (C=O) groups excluding carboxylic acids is 1. The molecule has 0 bridgehead atoms. The summed E-state index contributed by atoms with van der Waals surface area (Å²) in [4.78, 5) is 15.3. The number of carbonyl (C=O) groups is 1. The van der Waals surface area contributed by atoms with Gasteiger partial charge in [-0.05, 0) is 33.5 Å². The maximum Gasteiger partial charge on any atom is 0.255 e. The molecule has 0 saturated heterocycles. The molecule has 0 radical (unpaired) electrons. The van der Waals surface area contributed by atoms with Gasteiger partial charge in [-0.2, -0.15) is 0 Å². The number of hydrogen-bond donors (Lipinski definition) is 0. The molecule has 1 amide bonds. The molecule has 1 aliphatic heterocycles. The van der Waals surface area contributed by atoms with E-state index in [1.165, 1.54) is 5.39 Å². The Morgan fingerprint density at radius 2 is 1.41 bits per heavy atom. The third kappa shape index (κ3) is 2.70. The monoisotopic (exact) mass is 349 g/mol. The van der Waals surface area contributed by atoms with Crippen LogP contribution in [0.15, 0.2) is 91.0 Å². The summed E-state index contributed by atoms with van der Waals surface area (Å²) in [6.07, 6.45) is 0. The van der Waals surface area contributed by atoms with Crippen molar-refractivity contribution < 1.29 is 4.79 Å². The Labute approximate surface area is 158 Å². The van der Waals surface area contributed by atoms with Gasteiger partial charge in [-0.3, -0.25) is 4.79 Å². The second-order valence-electron chi connectivity index (χ2n) is 7.02. The SMILES string of the molecule is O=C1c2c(cc3ccccc3c2-c2ccccc2)CN1Cc1ccccc1. The summed E-state index contributed by atoms with van der Waals surface area (Å²) in [6.45, 7) is 1.30. The van der Waals surface area contributed by atoms with Gasteiger partial charge >= 0.3 is 0 Å². The van der Waals surface area contributed by atoms with Crippen LogP contribution < -0.4 is 0 Å². The van der Waals surface area contributed by atoms with E-state index in [9.17, 15) is 4.79 Å². The molecular formula is C25H19NO. The molecule has 0 saturated carbocycles. The van der Waals surface area contributed by atoms with Gasteiger partial charge in [-0.1, -0.05) is 84.9 Å². The van der Waals surface area contributed by atoms with E-state index in [1.807, 2.05) is 47.4 Å². The predicted molar refractivity (Wildman–Crippen MR) is 109 cm³/mol. The Morgan fingerprint density at radius 1 is 0.741 bits per heavy atom. The fourth-order valence-corrected chi connectivity index (χ4v) is 4.05. The second-order valence-corrected chi connectivity index (χ2v) is 7.02. The van der Waals surface area contributed by atoms with Gasteiger partial charge in [0.1, 0.15) is 0 Å². The zero-order valence-corrected chi connectivity index (χ0v) is 14.9. The Bertz CT molecular complexity index is 1130. The van der Waals surface area contributed by atoms with E-state index in [1.54, 1.807) is 0 Å². The van der Waals surface area contributed by atoms with E-state index in [0.29, 0.717) is 13.1 Å². The van der Waals surface area contributed by atoms with E-state index >= 15 is 0 Å². The number of rotatable bonds is 3. The van der Waals surface area contributed by atoms with E-state index in [0.717, 1.165) is 33.2 Å². The summed E-state index contributed by atoms with van der Waals surface area (Å²) >= 11 is 0. The Balaban J connectivity index is 1.67. The van der Waals surface area contributed by atoms with Crippen molar-refractivity contribution in [3.63, 3.8) is 0 Å². The third-order valence-electron chi connectivity index (χ3n) is 5.27. The van der Waals surface area contributed by atoms with Gasteiger partial charge in [0, 0.05) is 18.7 Å². The highest BCUT2D eigenvalue weighted by Crippen LogP contribution is 2.39. The van der Waals surface area contributed by atoms with Crippen molar-refractivity contribution in [1.82, 2.24) is 4.90 Å². The highest BCUT2D eigenvalue weighted by atomic mass is 16.2. The first-order valence-corrected chi connectivity index (χ1v) is 9.24. The van der Waals surface area contributed by atoms with Crippen LogP contribution >= 0.6 is 0 Å². The summed E-state index contributed by atoms with van der Waals surface area (Å²) in [6, 6.07) is 31.0. The van der Waals surface area contributed by atoms with Crippen molar-refractivity contribution >= 4 is 16.7 Å². The summed E-state index contributed by atoms with van der Waals surface area (Å²) in [5.74, 6) is 0.124. The molecule has 0 atom stereocenters. The van der Waals surface area contributed by atoms with Gasteiger partial charge in [0.15, 0.2) is 0 Å². The molecule has 4 aromatic rings. The predicted octanol–water partition coefficient (Wildman–Crippen LogP) is 5.66. The molecule has 1 aliphatic rings. The van der Waals surface area contributed by atoms with E-state index in [4.69, 9.17) is 0 Å². The molecule has 0 aromatic heterocycles. The van der Waals surface area contributed by atoms with Gasteiger partial charge in [0.05, 0.1) is 5.56 Å². The number of nitrogens with zero attached hydrogens (tertiary/aromatic N) is 1. The maximum absolute atomic E-state index is 13.4. The normalized spacial score (nSPS) is 13.2. The van der Waals surface area contributed by atoms with Crippen molar-refractivity contribution in [2.24, 2.45) is 0 Å². The largest absolute Gasteiger partial charge is 0.330 e. The molecule has 0 unspecified atom stereocenters. The summed E-state index contributed by atoms with van der Waals surface area (Å²) < 4.78 is 0. The lowest BCUT2D eigenvalue weighted by Crippen LogP contribution is -2.23. The molecule has 5 rings (SSSR count). The van der Waals surface area contributed by atoms with Crippen LogP contribution in [0.1, 0.15) is 21.5 Å². The van der Waals surface area contributed by atoms with Crippen LogP contribution in [0.5, 0.6) is 0 Å². The molecule has 27 heavy (non-hydrogen) atoms. The first kappa shape index (κ1) is 15.8. The molecular weight excluding hydrogens is 330 g/mol. The minimum absolute atomic E-state index is 0.124.